The minimum Gasteiger partial charge on any atom is -0.465 e. The molecule has 2 amide bonds. The average Bonchev–Trinajstić information content (AvgIpc) is 3.48. The predicted octanol–water partition coefficient (Wildman–Crippen LogP) is 3.08. The summed E-state index contributed by atoms with van der Waals surface area (Å²) in [6.07, 6.45) is -4.85. The molecule has 14 heteroatoms. The van der Waals surface area contributed by atoms with Gasteiger partial charge in [-0.15, -0.1) is 0 Å². The molecule has 38 heavy (non-hydrogen) atoms. The summed E-state index contributed by atoms with van der Waals surface area (Å²) in [7, 11) is -2.65. The highest BCUT2D eigenvalue weighted by molar-refractivity contribution is 7.90. The molecule has 0 spiro atoms. The first-order valence-corrected chi connectivity index (χ1v) is 13.1. The third-order valence-electron chi connectivity index (χ3n) is 6.14. The van der Waals surface area contributed by atoms with Gasteiger partial charge in [0.15, 0.2) is 0 Å². The molecule has 3 atom stereocenters. The Kier molecular flexibility index (Phi) is 7.87. The lowest BCUT2D eigenvalue weighted by Gasteiger charge is -2.23. The fourth-order valence-corrected chi connectivity index (χ4v) is 5.31. The van der Waals surface area contributed by atoms with Gasteiger partial charge in [-0.1, -0.05) is 24.3 Å². The van der Waals surface area contributed by atoms with Gasteiger partial charge in [-0.2, -0.15) is 13.2 Å². The summed E-state index contributed by atoms with van der Waals surface area (Å²) in [6.45, 7) is 1.32. The lowest BCUT2D eigenvalue weighted by molar-refractivity contribution is -0.175. The first kappa shape index (κ1) is 29.0. The topological polar surface area (TPSA) is 119 Å². The van der Waals surface area contributed by atoms with Crippen molar-refractivity contribution < 1.29 is 49.5 Å². The molecule has 3 rings (SSSR count). The van der Waals surface area contributed by atoms with E-state index in [1.807, 2.05) is 0 Å². The zero-order chi connectivity index (χ0) is 28.6. The number of alkyl halides is 3. The van der Waals surface area contributed by atoms with Gasteiger partial charge in [0.25, 0.3) is 0 Å². The van der Waals surface area contributed by atoms with Gasteiger partial charge in [0.2, 0.25) is 5.91 Å². The van der Waals surface area contributed by atoms with Crippen molar-refractivity contribution in [3.05, 3.63) is 59.2 Å². The molecule has 2 aromatic rings. The number of rotatable bonds is 8. The van der Waals surface area contributed by atoms with E-state index in [1.54, 1.807) is 5.32 Å². The number of amides is 2. The van der Waals surface area contributed by atoms with Gasteiger partial charge in [0.1, 0.15) is 32.6 Å². The number of carbonyl (C=O) groups excluding carboxylic acids is 3. The Morgan fingerprint density at radius 3 is 2.34 bits per heavy atom. The molecule has 2 N–H and O–H groups in total. The van der Waals surface area contributed by atoms with Crippen molar-refractivity contribution >= 4 is 27.6 Å². The highest BCUT2D eigenvalue weighted by atomic mass is 32.2. The Morgan fingerprint density at radius 1 is 1.13 bits per heavy atom. The van der Waals surface area contributed by atoms with Crippen LogP contribution >= 0.6 is 0 Å². The molecule has 0 heterocycles. The number of nitrogens with one attached hydrogen (secondary N) is 2. The fraction of sp³-hybridized carbons (Fsp3) is 0.375. The molecule has 0 radical (unpaired) electrons. The van der Waals surface area contributed by atoms with Crippen molar-refractivity contribution in [1.82, 2.24) is 10.6 Å². The van der Waals surface area contributed by atoms with Crippen LogP contribution in [0, 0.1) is 17.6 Å². The first-order chi connectivity index (χ1) is 17.5. The first-order valence-electron chi connectivity index (χ1n) is 11.0. The zero-order valence-electron chi connectivity index (χ0n) is 20.3. The Morgan fingerprint density at radius 2 is 1.79 bits per heavy atom. The minimum absolute atomic E-state index is 0.0365. The van der Waals surface area contributed by atoms with Crippen molar-refractivity contribution in [2.45, 2.75) is 31.1 Å². The molecule has 0 aliphatic heterocycles. The molecular formula is C24H23F5N2O6S. The van der Waals surface area contributed by atoms with Crippen molar-refractivity contribution in [3.8, 4) is 11.1 Å². The maximum absolute atomic E-state index is 15.1. The number of benzene rings is 2. The Balaban J connectivity index is 1.87. The number of methoxy groups -OCH3 is 1. The monoisotopic (exact) mass is 562 g/mol. The summed E-state index contributed by atoms with van der Waals surface area (Å²) in [6, 6.07) is 6.12. The van der Waals surface area contributed by atoms with Crippen molar-refractivity contribution in [2.75, 3.05) is 19.1 Å². The maximum Gasteiger partial charge on any atom is 0.471 e. The summed E-state index contributed by atoms with van der Waals surface area (Å²) in [5, 5.41) is 3.93. The molecular weight excluding hydrogens is 539 g/mol. The number of carbonyl (C=O) groups is 3. The van der Waals surface area contributed by atoms with E-state index in [4.69, 9.17) is 0 Å². The van der Waals surface area contributed by atoms with E-state index in [2.05, 4.69) is 10.1 Å². The molecule has 1 saturated carbocycles. The Labute approximate surface area is 214 Å². The van der Waals surface area contributed by atoms with Crippen LogP contribution in [0.15, 0.2) is 36.4 Å². The van der Waals surface area contributed by atoms with Crippen LogP contribution in [0.1, 0.15) is 35.3 Å². The van der Waals surface area contributed by atoms with E-state index in [-0.39, 0.29) is 23.1 Å². The Hall–Kier alpha value is -3.55. The summed E-state index contributed by atoms with van der Waals surface area (Å²) < 4.78 is 95.8. The molecule has 0 aromatic heterocycles. The molecule has 1 aliphatic rings. The number of esters is 1. The van der Waals surface area contributed by atoms with Gasteiger partial charge in [-0.3, -0.25) is 9.59 Å². The van der Waals surface area contributed by atoms with Gasteiger partial charge in [-0.05, 0) is 36.6 Å². The number of halogens is 5. The third-order valence-corrected chi connectivity index (χ3v) is 7.14. The van der Waals surface area contributed by atoms with Gasteiger partial charge in [0.05, 0.1) is 18.9 Å². The van der Waals surface area contributed by atoms with Gasteiger partial charge in [0, 0.05) is 17.7 Å². The van der Waals surface area contributed by atoms with Crippen molar-refractivity contribution in [3.63, 3.8) is 0 Å². The zero-order valence-corrected chi connectivity index (χ0v) is 21.1. The fourth-order valence-electron chi connectivity index (χ4n) is 4.18. The lowest BCUT2D eigenvalue weighted by atomic mass is 9.96. The summed E-state index contributed by atoms with van der Waals surface area (Å²) in [4.78, 5) is 36.5. The van der Waals surface area contributed by atoms with E-state index in [0.717, 1.165) is 25.5 Å². The van der Waals surface area contributed by atoms with Crippen LogP contribution in [0.5, 0.6) is 0 Å². The van der Waals surface area contributed by atoms with Crippen LogP contribution in [0.4, 0.5) is 22.0 Å². The van der Waals surface area contributed by atoms with Crippen molar-refractivity contribution in [2.24, 2.45) is 5.92 Å². The number of hydrogen-bond donors (Lipinski definition) is 2. The lowest BCUT2D eigenvalue weighted by Crippen LogP contribution is -2.54. The predicted molar refractivity (Wildman–Crippen MR) is 124 cm³/mol. The highest BCUT2D eigenvalue weighted by Gasteiger charge is 2.63. The van der Waals surface area contributed by atoms with Crippen molar-refractivity contribution in [1.29, 1.82) is 0 Å². The minimum atomic E-state index is -5.32. The van der Waals surface area contributed by atoms with Crippen LogP contribution < -0.4 is 10.6 Å². The van der Waals surface area contributed by atoms with Crippen LogP contribution in [0.25, 0.3) is 11.1 Å². The number of ether oxygens (including phenoxy) is 1. The standard InChI is InChI=1S/C24H23F5N2O6S/c1-12(30-21(33)23(31-22(34)24(27,28)29)10-14(23)11-38(3,35)36)15-8-7-13(9-18(15)26)16-5-4-6-17(25)19(16)20(32)37-2/h4-9,12,14H,10-11H2,1-3H3,(H,30,33)(H,31,34)/t12-,14+,23+/m1/s1. The van der Waals surface area contributed by atoms with E-state index in [0.29, 0.717) is 0 Å². The molecule has 0 saturated heterocycles. The molecule has 2 aromatic carbocycles. The van der Waals surface area contributed by atoms with E-state index >= 15 is 4.39 Å². The van der Waals surface area contributed by atoms with Gasteiger partial charge in [-0.25, -0.2) is 22.0 Å². The molecule has 206 valence electrons. The summed E-state index contributed by atoms with van der Waals surface area (Å²) in [5.41, 5.74) is -2.53. The maximum atomic E-state index is 15.1. The van der Waals surface area contributed by atoms with Crippen LogP contribution in [0.2, 0.25) is 0 Å². The second-order valence-electron chi connectivity index (χ2n) is 9.00. The van der Waals surface area contributed by atoms with E-state index in [1.165, 1.54) is 31.2 Å². The summed E-state index contributed by atoms with van der Waals surface area (Å²) >= 11 is 0. The van der Waals surface area contributed by atoms with Gasteiger partial charge >= 0.3 is 18.1 Å². The average molecular weight is 563 g/mol. The van der Waals surface area contributed by atoms with Crippen LogP contribution in [-0.4, -0.2) is 57.0 Å². The Bertz CT molecular complexity index is 1400. The normalized spacial score (nSPS) is 19.8. The highest BCUT2D eigenvalue weighted by Crippen LogP contribution is 2.45. The third kappa shape index (κ3) is 6.11. The molecule has 0 bridgehead atoms. The van der Waals surface area contributed by atoms with Gasteiger partial charge < -0.3 is 15.4 Å². The molecule has 0 unspecified atom stereocenters. The quantitative estimate of drug-likeness (QED) is 0.377. The SMILES string of the molecule is COC(=O)c1c(F)cccc1-c1ccc([C@@H](C)NC(=O)[C@]2(NC(=O)C(F)(F)F)C[C@H]2CS(C)(=O)=O)c(F)c1. The van der Waals surface area contributed by atoms with Crippen LogP contribution in [0.3, 0.4) is 0 Å². The molecule has 1 fully saturated rings. The molecule has 1 aliphatic carbocycles. The number of sulfone groups is 1. The number of hydrogen-bond acceptors (Lipinski definition) is 6. The van der Waals surface area contributed by atoms with E-state index < -0.39 is 74.2 Å². The molecule has 8 nitrogen and oxygen atoms in total. The second-order valence-corrected chi connectivity index (χ2v) is 11.2. The smallest absolute Gasteiger partial charge is 0.465 e. The second kappa shape index (κ2) is 10.3. The van der Waals surface area contributed by atoms with Crippen LogP contribution in [-0.2, 0) is 24.2 Å². The van der Waals surface area contributed by atoms with E-state index in [9.17, 15) is 40.4 Å². The summed E-state index contributed by atoms with van der Waals surface area (Å²) in [5.74, 6) is -8.06. The largest absolute Gasteiger partial charge is 0.471 e.